The summed E-state index contributed by atoms with van der Waals surface area (Å²) in [5, 5.41) is 2.48. The Bertz CT molecular complexity index is 422. The lowest BCUT2D eigenvalue weighted by Crippen LogP contribution is -2.30. The van der Waals surface area contributed by atoms with E-state index in [0.717, 1.165) is 4.90 Å². The SMILES string of the molecule is CCOC(=O)CNC(=O)CCSc1ccc(F)cc1. The van der Waals surface area contributed by atoms with Crippen LogP contribution in [0.4, 0.5) is 4.39 Å². The minimum Gasteiger partial charge on any atom is -0.465 e. The van der Waals surface area contributed by atoms with Gasteiger partial charge in [0.25, 0.3) is 0 Å². The molecule has 0 aromatic heterocycles. The summed E-state index contributed by atoms with van der Waals surface area (Å²) in [7, 11) is 0. The molecular formula is C13H16FNO3S. The van der Waals surface area contributed by atoms with E-state index in [4.69, 9.17) is 0 Å². The molecule has 0 saturated carbocycles. The van der Waals surface area contributed by atoms with Crippen LogP contribution in [-0.4, -0.2) is 30.8 Å². The van der Waals surface area contributed by atoms with Crippen LogP contribution in [0.1, 0.15) is 13.3 Å². The third-order valence-corrected chi connectivity index (χ3v) is 3.16. The normalized spacial score (nSPS) is 10.0. The topological polar surface area (TPSA) is 55.4 Å². The summed E-state index contributed by atoms with van der Waals surface area (Å²) in [5.41, 5.74) is 0. The first-order valence-corrected chi connectivity index (χ1v) is 6.91. The maximum Gasteiger partial charge on any atom is 0.325 e. The minimum atomic E-state index is -0.443. The highest BCUT2D eigenvalue weighted by Crippen LogP contribution is 2.18. The van der Waals surface area contributed by atoms with Crippen molar-refractivity contribution in [1.82, 2.24) is 5.32 Å². The molecule has 6 heteroatoms. The second-order valence-electron chi connectivity index (χ2n) is 3.63. The van der Waals surface area contributed by atoms with Crippen molar-refractivity contribution >= 4 is 23.6 Å². The second-order valence-corrected chi connectivity index (χ2v) is 4.80. The first-order valence-electron chi connectivity index (χ1n) is 5.92. The minimum absolute atomic E-state index is 0.103. The molecule has 0 bridgehead atoms. The van der Waals surface area contributed by atoms with Crippen LogP contribution >= 0.6 is 11.8 Å². The zero-order valence-electron chi connectivity index (χ0n) is 10.6. The number of carbonyl (C=O) groups excluding carboxylic acids is 2. The third kappa shape index (κ3) is 6.81. The number of thioether (sulfide) groups is 1. The smallest absolute Gasteiger partial charge is 0.325 e. The number of amides is 1. The number of hydrogen-bond donors (Lipinski definition) is 1. The van der Waals surface area contributed by atoms with Crippen molar-refractivity contribution in [2.24, 2.45) is 0 Å². The molecule has 1 amide bonds. The molecule has 1 aromatic rings. The molecule has 0 atom stereocenters. The first-order chi connectivity index (χ1) is 9.11. The largest absolute Gasteiger partial charge is 0.465 e. The molecule has 0 aliphatic rings. The molecule has 1 rings (SSSR count). The average Bonchev–Trinajstić information content (AvgIpc) is 2.39. The van der Waals surface area contributed by atoms with Gasteiger partial charge in [-0.25, -0.2) is 4.39 Å². The van der Waals surface area contributed by atoms with E-state index in [2.05, 4.69) is 10.1 Å². The Balaban J connectivity index is 2.16. The van der Waals surface area contributed by atoms with E-state index in [9.17, 15) is 14.0 Å². The maximum absolute atomic E-state index is 12.7. The van der Waals surface area contributed by atoms with Crippen molar-refractivity contribution in [2.75, 3.05) is 18.9 Å². The number of ether oxygens (including phenoxy) is 1. The lowest BCUT2D eigenvalue weighted by Gasteiger charge is -2.05. The van der Waals surface area contributed by atoms with Crippen molar-refractivity contribution < 1.29 is 18.7 Å². The fraction of sp³-hybridized carbons (Fsp3) is 0.385. The van der Waals surface area contributed by atoms with Crippen molar-refractivity contribution in [3.63, 3.8) is 0 Å². The van der Waals surface area contributed by atoms with Gasteiger partial charge in [0.05, 0.1) is 6.61 Å². The molecule has 104 valence electrons. The summed E-state index contributed by atoms with van der Waals surface area (Å²) in [6.07, 6.45) is 0.293. The quantitative estimate of drug-likeness (QED) is 0.615. The number of halogens is 1. The molecular weight excluding hydrogens is 269 g/mol. The zero-order chi connectivity index (χ0) is 14.1. The van der Waals surface area contributed by atoms with Crippen molar-refractivity contribution in [2.45, 2.75) is 18.2 Å². The number of benzene rings is 1. The lowest BCUT2D eigenvalue weighted by molar-refractivity contribution is -0.143. The Morgan fingerprint density at radius 2 is 2.00 bits per heavy atom. The molecule has 0 unspecified atom stereocenters. The highest BCUT2D eigenvalue weighted by atomic mass is 32.2. The molecule has 4 nitrogen and oxygen atoms in total. The number of hydrogen-bond acceptors (Lipinski definition) is 4. The van der Waals surface area contributed by atoms with Gasteiger partial charge in [-0.3, -0.25) is 9.59 Å². The average molecular weight is 285 g/mol. The maximum atomic E-state index is 12.7. The fourth-order valence-corrected chi connectivity index (χ4v) is 2.12. The van der Waals surface area contributed by atoms with Gasteiger partial charge in [0.1, 0.15) is 12.4 Å². The van der Waals surface area contributed by atoms with Gasteiger partial charge in [-0.05, 0) is 31.2 Å². The van der Waals surface area contributed by atoms with Crippen LogP contribution in [0.2, 0.25) is 0 Å². The van der Waals surface area contributed by atoms with Crippen LogP contribution in [0, 0.1) is 5.82 Å². The fourth-order valence-electron chi connectivity index (χ4n) is 1.26. The number of esters is 1. The van der Waals surface area contributed by atoms with Gasteiger partial charge in [-0.1, -0.05) is 0 Å². The van der Waals surface area contributed by atoms with Crippen LogP contribution in [-0.2, 0) is 14.3 Å². The zero-order valence-corrected chi connectivity index (χ0v) is 11.5. The Hall–Kier alpha value is -1.56. The van der Waals surface area contributed by atoms with Crippen molar-refractivity contribution in [3.05, 3.63) is 30.1 Å². The standard InChI is InChI=1S/C13H16FNO3S/c1-2-18-13(17)9-15-12(16)7-8-19-11-5-3-10(14)4-6-11/h3-6H,2,7-9H2,1H3,(H,15,16). The van der Waals surface area contributed by atoms with E-state index in [-0.39, 0.29) is 18.3 Å². The highest BCUT2D eigenvalue weighted by molar-refractivity contribution is 7.99. The molecule has 0 fully saturated rings. The van der Waals surface area contributed by atoms with E-state index >= 15 is 0 Å². The lowest BCUT2D eigenvalue weighted by atomic mass is 10.4. The van der Waals surface area contributed by atoms with E-state index in [1.807, 2.05) is 0 Å². The monoisotopic (exact) mass is 285 g/mol. The number of nitrogens with one attached hydrogen (secondary N) is 1. The summed E-state index contributed by atoms with van der Waals surface area (Å²) in [4.78, 5) is 23.3. The summed E-state index contributed by atoms with van der Waals surface area (Å²) in [6, 6.07) is 6.08. The van der Waals surface area contributed by atoms with Gasteiger partial charge < -0.3 is 10.1 Å². The van der Waals surface area contributed by atoms with Crippen LogP contribution in [0.25, 0.3) is 0 Å². The third-order valence-electron chi connectivity index (χ3n) is 2.15. The Morgan fingerprint density at radius 3 is 2.63 bits per heavy atom. The molecule has 1 N–H and O–H groups in total. The Morgan fingerprint density at radius 1 is 1.32 bits per heavy atom. The summed E-state index contributed by atoms with van der Waals surface area (Å²) >= 11 is 1.46. The molecule has 0 aliphatic carbocycles. The van der Waals surface area contributed by atoms with Gasteiger partial charge in [0.15, 0.2) is 0 Å². The van der Waals surface area contributed by atoms with Crippen LogP contribution < -0.4 is 5.32 Å². The van der Waals surface area contributed by atoms with Gasteiger partial charge in [-0.2, -0.15) is 0 Å². The molecule has 19 heavy (non-hydrogen) atoms. The molecule has 0 spiro atoms. The van der Waals surface area contributed by atoms with Crippen LogP contribution in [0.15, 0.2) is 29.2 Å². The van der Waals surface area contributed by atoms with E-state index in [1.54, 1.807) is 19.1 Å². The molecule has 0 heterocycles. The van der Waals surface area contributed by atoms with Crippen LogP contribution in [0.3, 0.4) is 0 Å². The highest BCUT2D eigenvalue weighted by Gasteiger charge is 2.06. The van der Waals surface area contributed by atoms with Gasteiger partial charge >= 0.3 is 5.97 Å². The van der Waals surface area contributed by atoms with Crippen molar-refractivity contribution in [3.8, 4) is 0 Å². The predicted molar refractivity (Wildman–Crippen MR) is 71.4 cm³/mol. The van der Waals surface area contributed by atoms with Gasteiger partial charge in [0.2, 0.25) is 5.91 Å². The van der Waals surface area contributed by atoms with Gasteiger partial charge in [0, 0.05) is 17.1 Å². The Labute approximate surface area is 115 Å². The van der Waals surface area contributed by atoms with Crippen LogP contribution in [0.5, 0.6) is 0 Å². The number of carbonyl (C=O) groups is 2. The Kier molecular flexibility index (Phi) is 6.95. The molecule has 1 aromatic carbocycles. The second kappa shape index (κ2) is 8.53. The molecule has 0 radical (unpaired) electrons. The molecule has 0 saturated heterocycles. The van der Waals surface area contributed by atoms with Crippen molar-refractivity contribution in [1.29, 1.82) is 0 Å². The predicted octanol–water partition coefficient (Wildman–Crippen LogP) is 1.99. The van der Waals surface area contributed by atoms with E-state index in [1.165, 1.54) is 23.9 Å². The van der Waals surface area contributed by atoms with E-state index in [0.29, 0.717) is 18.8 Å². The summed E-state index contributed by atoms with van der Waals surface area (Å²) in [5.74, 6) is -0.360. The van der Waals surface area contributed by atoms with Gasteiger partial charge in [-0.15, -0.1) is 11.8 Å². The van der Waals surface area contributed by atoms with E-state index < -0.39 is 5.97 Å². The number of rotatable bonds is 7. The molecule has 0 aliphatic heterocycles. The summed E-state index contributed by atoms with van der Waals surface area (Å²) < 4.78 is 17.3. The summed E-state index contributed by atoms with van der Waals surface area (Å²) in [6.45, 7) is 1.90. The first kappa shape index (κ1) is 15.5.